The molecule has 5 N–H and O–H groups in total. The highest BCUT2D eigenvalue weighted by Gasteiger charge is 2.30. The molecule has 0 saturated heterocycles. The fraction of sp³-hybridized carbons (Fsp3) is 0.300. The van der Waals surface area contributed by atoms with Crippen LogP contribution in [0.15, 0.2) is 72.8 Å². The Kier molecular flexibility index (Phi) is 10.7. The van der Waals surface area contributed by atoms with Crippen LogP contribution in [0.25, 0.3) is 5.57 Å². The number of ether oxygens (including phenoxy) is 2. The lowest BCUT2D eigenvalue weighted by atomic mass is 9.91. The molecule has 0 aliphatic carbocycles. The monoisotopic (exact) mass is 585 g/mol. The second-order valence-electron chi connectivity index (χ2n) is 9.42. The molecule has 3 aromatic carbocycles. The van der Waals surface area contributed by atoms with Gasteiger partial charge in [0.05, 0.1) is 25.4 Å². The molecule has 0 bridgehead atoms. The smallest absolute Gasteiger partial charge is 0.416 e. The van der Waals surface area contributed by atoms with Crippen LogP contribution < -0.4 is 20.5 Å². The minimum atomic E-state index is -0.573. The molecular formula is C30H33Cl2N3O5. The first-order valence-corrected chi connectivity index (χ1v) is 13.8. The van der Waals surface area contributed by atoms with E-state index in [1.54, 1.807) is 41.3 Å². The third kappa shape index (κ3) is 8.13. The van der Waals surface area contributed by atoms with Crippen molar-refractivity contribution >= 4 is 40.6 Å². The molecule has 4 rings (SSSR count). The van der Waals surface area contributed by atoms with Crippen LogP contribution in [0.2, 0.25) is 10.0 Å². The number of nitrogens with two attached hydrogens (primary N) is 1. The largest absolute Gasteiger partial charge is 0.493 e. The Morgan fingerprint density at radius 3 is 2.48 bits per heavy atom. The number of nitrogens with one attached hydrogen (secondary N) is 1. The van der Waals surface area contributed by atoms with E-state index in [4.69, 9.17) is 43.5 Å². The average molecular weight is 587 g/mol. The molecule has 1 amide bonds. The number of carbonyl (C=O) groups is 1. The number of nitrogen functional groups attached to an aromatic ring is 1. The summed E-state index contributed by atoms with van der Waals surface area (Å²) < 4.78 is 11.5. The van der Waals surface area contributed by atoms with Gasteiger partial charge in [0.2, 0.25) is 0 Å². The van der Waals surface area contributed by atoms with Gasteiger partial charge >= 0.3 is 6.09 Å². The number of hydrogen-bond donors (Lipinski definition) is 4. The first-order chi connectivity index (χ1) is 19.3. The van der Waals surface area contributed by atoms with Crippen LogP contribution in [0.3, 0.4) is 0 Å². The van der Waals surface area contributed by atoms with E-state index in [1.807, 2.05) is 36.4 Å². The van der Waals surface area contributed by atoms with Gasteiger partial charge in [-0.3, -0.25) is 4.90 Å². The summed E-state index contributed by atoms with van der Waals surface area (Å²) in [5.74, 6) is 1.05. The molecule has 0 radical (unpaired) electrons. The summed E-state index contributed by atoms with van der Waals surface area (Å²) in [5, 5.41) is 22.9. The topological polar surface area (TPSA) is 117 Å². The molecule has 2 atom stereocenters. The number of aliphatic hydroxyl groups is 2. The van der Waals surface area contributed by atoms with Crippen LogP contribution in [-0.4, -0.2) is 60.2 Å². The Labute approximate surface area is 243 Å². The maximum atomic E-state index is 13.3. The number of aliphatic hydroxyl groups excluding tert-OH is 2. The van der Waals surface area contributed by atoms with Gasteiger partial charge in [0.1, 0.15) is 11.5 Å². The summed E-state index contributed by atoms with van der Waals surface area (Å²) in [6.07, 6.45) is 1.98. The first-order valence-electron chi connectivity index (χ1n) is 13.1. The van der Waals surface area contributed by atoms with Gasteiger partial charge < -0.3 is 30.7 Å². The van der Waals surface area contributed by atoms with E-state index in [0.717, 1.165) is 16.7 Å². The third-order valence-electron chi connectivity index (χ3n) is 6.54. The van der Waals surface area contributed by atoms with Gasteiger partial charge in [-0.1, -0.05) is 41.4 Å². The second kappa shape index (κ2) is 14.4. The fourth-order valence-corrected chi connectivity index (χ4v) is 4.74. The molecule has 40 heavy (non-hydrogen) atoms. The number of halogens is 2. The summed E-state index contributed by atoms with van der Waals surface area (Å²) in [6.45, 7) is 1.59. The molecule has 8 nitrogen and oxygen atoms in total. The van der Waals surface area contributed by atoms with Crippen molar-refractivity contribution in [3.05, 3.63) is 94.0 Å². The van der Waals surface area contributed by atoms with Gasteiger partial charge in [-0.15, -0.1) is 0 Å². The summed E-state index contributed by atoms with van der Waals surface area (Å²) in [4.78, 5) is 15.0. The van der Waals surface area contributed by atoms with Gasteiger partial charge in [-0.25, -0.2) is 4.79 Å². The van der Waals surface area contributed by atoms with E-state index in [0.29, 0.717) is 66.3 Å². The van der Waals surface area contributed by atoms with Crippen molar-refractivity contribution in [3.63, 3.8) is 0 Å². The molecule has 1 aliphatic rings. The molecule has 0 aromatic heterocycles. The molecular weight excluding hydrogens is 553 g/mol. The van der Waals surface area contributed by atoms with Crippen molar-refractivity contribution in [2.24, 2.45) is 0 Å². The third-order valence-corrected chi connectivity index (χ3v) is 7.03. The number of anilines is 1. The minimum Gasteiger partial charge on any atom is -0.493 e. The standard InChI is InChI=1S/C30H33Cl2N3O5/c31-22-3-8-26(9-4-22)40-30(38)35-14-11-21(27-18-23(32)5-10-28(27)33)17-29(35)20-1-6-25(7-2-20)39-16-12-24(37)19-34-13-15-36/h1-10,17-18,24,29,34,36-37H,11-16,19,33H2/t24?,29-/m1/s1. The van der Waals surface area contributed by atoms with Crippen molar-refractivity contribution in [3.8, 4) is 11.5 Å². The highest BCUT2D eigenvalue weighted by atomic mass is 35.5. The minimum absolute atomic E-state index is 0.0238. The van der Waals surface area contributed by atoms with Gasteiger partial charge in [0.15, 0.2) is 0 Å². The molecule has 10 heteroatoms. The van der Waals surface area contributed by atoms with Crippen LogP contribution in [0.5, 0.6) is 11.5 Å². The predicted octanol–water partition coefficient (Wildman–Crippen LogP) is 5.32. The van der Waals surface area contributed by atoms with E-state index in [9.17, 15) is 9.90 Å². The molecule has 3 aromatic rings. The zero-order valence-electron chi connectivity index (χ0n) is 21.9. The maximum absolute atomic E-state index is 13.3. The Morgan fingerprint density at radius 1 is 1.05 bits per heavy atom. The van der Waals surface area contributed by atoms with Gasteiger partial charge in [0.25, 0.3) is 0 Å². The predicted molar refractivity (Wildman–Crippen MR) is 158 cm³/mol. The summed E-state index contributed by atoms with van der Waals surface area (Å²) >= 11 is 12.2. The Bertz CT molecular complexity index is 1300. The van der Waals surface area contributed by atoms with Crippen molar-refractivity contribution in [2.45, 2.75) is 25.0 Å². The Morgan fingerprint density at radius 2 is 1.75 bits per heavy atom. The van der Waals surface area contributed by atoms with E-state index in [-0.39, 0.29) is 6.61 Å². The number of rotatable bonds is 11. The molecule has 0 saturated carbocycles. The van der Waals surface area contributed by atoms with Crippen LogP contribution in [-0.2, 0) is 0 Å². The number of hydrogen-bond acceptors (Lipinski definition) is 7. The first kappa shape index (κ1) is 29.7. The maximum Gasteiger partial charge on any atom is 0.416 e. The van der Waals surface area contributed by atoms with Crippen molar-refractivity contribution in [2.75, 3.05) is 38.6 Å². The molecule has 1 unspecified atom stereocenters. The van der Waals surface area contributed by atoms with Crippen LogP contribution in [0.4, 0.5) is 10.5 Å². The zero-order chi connectivity index (χ0) is 28.5. The highest BCUT2D eigenvalue weighted by Crippen LogP contribution is 2.37. The lowest BCUT2D eigenvalue weighted by molar-refractivity contribution is 0.135. The lowest BCUT2D eigenvalue weighted by Gasteiger charge is -2.34. The Balaban J connectivity index is 1.52. The van der Waals surface area contributed by atoms with Crippen LogP contribution in [0.1, 0.15) is 30.0 Å². The van der Waals surface area contributed by atoms with Crippen molar-refractivity contribution in [1.29, 1.82) is 0 Å². The quantitative estimate of drug-likeness (QED) is 0.178. The zero-order valence-corrected chi connectivity index (χ0v) is 23.4. The number of benzene rings is 3. The van der Waals surface area contributed by atoms with E-state index in [2.05, 4.69) is 5.32 Å². The number of carbonyl (C=O) groups excluding carboxylic acids is 1. The highest BCUT2D eigenvalue weighted by molar-refractivity contribution is 6.31. The van der Waals surface area contributed by atoms with Crippen LogP contribution in [0, 0.1) is 0 Å². The number of amides is 1. The molecule has 0 spiro atoms. The number of nitrogens with zero attached hydrogens (tertiary/aromatic N) is 1. The van der Waals surface area contributed by atoms with Crippen LogP contribution >= 0.6 is 23.2 Å². The summed E-state index contributed by atoms with van der Waals surface area (Å²) in [7, 11) is 0. The van der Waals surface area contributed by atoms with E-state index < -0.39 is 18.2 Å². The van der Waals surface area contributed by atoms with E-state index in [1.165, 1.54) is 0 Å². The molecule has 212 valence electrons. The van der Waals surface area contributed by atoms with Gasteiger partial charge in [-0.05, 0) is 72.2 Å². The van der Waals surface area contributed by atoms with Crippen molar-refractivity contribution in [1.82, 2.24) is 10.2 Å². The second-order valence-corrected chi connectivity index (χ2v) is 10.3. The van der Waals surface area contributed by atoms with Gasteiger partial charge in [-0.2, -0.15) is 0 Å². The molecule has 0 fully saturated rings. The van der Waals surface area contributed by atoms with Crippen molar-refractivity contribution < 1.29 is 24.5 Å². The fourth-order valence-electron chi connectivity index (χ4n) is 4.44. The SMILES string of the molecule is Nc1ccc(Cl)cc1C1=C[C@H](c2ccc(OCCC(O)CNCCO)cc2)N(C(=O)Oc2ccc(Cl)cc2)CC1. The summed E-state index contributed by atoms with van der Waals surface area (Å²) in [5.41, 5.74) is 9.59. The van der Waals surface area contributed by atoms with Gasteiger partial charge in [0, 0.05) is 47.4 Å². The average Bonchev–Trinajstić information content (AvgIpc) is 2.96. The van der Waals surface area contributed by atoms with E-state index >= 15 is 0 Å². The lowest BCUT2D eigenvalue weighted by Crippen LogP contribution is -2.39. The summed E-state index contributed by atoms with van der Waals surface area (Å²) in [6, 6.07) is 19.1. The molecule has 1 aliphatic heterocycles. The Hall–Kier alpha value is -3.27. The normalized spacial score (nSPS) is 15.8. The molecule has 1 heterocycles.